The molecular formula is C31H28N8O. The molecule has 0 saturated carbocycles. The molecule has 1 amide bonds. The number of benzene rings is 2. The number of aryl methyl sites for hydroxylation is 2. The van der Waals surface area contributed by atoms with Crippen molar-refractivity contribution in [2.24, 2.45) is 7.05 Å². The third kappa shape index (κ3) is 5.24. The van der Waals surface area contributed by atoms with Gasteiger partial charge in [-0.25, -0.2) is 9.97 Å². The Morgan fingerprint density at radius 1 is 1.00 bits per heavy atom. The lowest BCUT2D eigenvalue weighted by Gasteiger charge is -2.09. The lowest BCUT2D eigenvalue weighted by molar-refractivity contribution is 0.0965. The zero-order valence-corrected chi connectivity index (χ0v) is 22.5. The minimum Gasteiger partial charge on any atom is -0.383 e. The Bertz CT molecular complexity index is 1880. The minimum atomic E-state index is -0.274. The van der Waals surface area contributed by atoms with Crippen molar-refractivity contribution in [2.75, 3.05) is 12.8 Å². The molecule has 4 aromatic heterocycles. The highest BCUT2D eigenvalue weighted by Crippen LogP contribution is 2.25. The van der Waals surface area contributed by atoms with Gasteiger partial charge in [-0.05, 0) is 36.4 Å². The van der Waals surface area contributed by atoms with E-state index in [-0.39, 0.29) is 11.7 Å². The van der Waals surface area contributed by atoms with Crippen LogP contribution in [0.1, 0.15) is 34.2 Å². The number of para-hydroxylation sites is 2. The summed E-state index contributed by atoms with van der Waals surface area (Å²) in [5.74, 6) is 7.47. The van der Waals surface area contributed by atoms with Crippen molar-refractivity contribution in [3.63, 3.8) is 0 Å². The first-order valence-electron chi connectivity index (χ1n) is 12.8. The fraction of sp³-hybridized carbons (Fsp3) is 0.129. The van der Waals surface area contributed by atoms with Crippen molar-refractivity contribution >= 4 is 33.7 Å². The summed E-state index contributed by atoms with van der Waals surface area (Å²) >= 11 is 0. The first kappa shape index (κ1) is 26.1. The first-order chi connectivity index (χ1) is 19.5. The van der Waals surface area contributed by atoms with Gasteiger partial charge in [-0.3, -0.25) is 19.0 Å². The van der Waals surface area contributed by atoms with Crippen molar-refractivity contribution < 1.29 is 4.79 Å². The van der Waals surface area contributed by atoms with Crippen molar-refractivity contribution in [1.82, 2.24) is 34.6 Å². The van der Waals surface area contributed by atoms with Crippen LogP contribution in [0.5, 0.6) is 0 Å². The number of nitrogens with one attached hydrogen (secondary N) is 1. The van der Waals surface area contributed by atoms with Gasteiger partial charge >= 0.3 is 0 Å². The van der Waals surface area contributed by atoms with Crippen molar-refractivity contribution in [3.05, 3.63) is 108 Å². The Morgan fingerprint density at radius 3 is 2.55 bits per heavy atom. The highest BCUT2D eigenvalue weighted by molar-refractivity contribution is 6.08. The molecule has 0 aliphatic carbocycles. The number of hydrogen-bond donors (Lipinski definition) is 2. The summed E-state index contributed by atoms with van der Waals surface area (Å²) in [6.07, 6.45) is 7.77. The number of imidazole rings is 1. The zero-order valence-electron chi connectivity index (χ0n) is 22.5. The van der Waals surface area contributed by atoms with E-state index in [1.165, 1.54) is 0 Å². The van der Waals surface area contributed by atoms with E-state index in [0.717, 1.165) is 45.5 Å². The van der Waals surface area contributed by atoms with E-state index >= 15 is 0 Å². The highest BCUT2D eigenvalue weighted by atomic mass is 16.1. The second kappa shape index (κ2) is 11.5. The number of aromatic nitrogens is 6. The number of hydrogen-bond acceptors (Lipinski definition) is 6. The predicted octanol–water partition coefficient (Wildman–Crippen LogP) is 4.29. The van der Waals surface area contributed by atoms with Crippen LogP contribution in [0.4, 0.5) is 5.82 Å². The third-order valence-corrected chi connectivity index (χ3v) is 6.25. The fourth-order valence-corrected chi connectivity index (χ4v) is 4.40. The van der Waals surface area contributed by atoms with Crippen LogP contribution < -0.4 is 11.1 Å². The van der Waals surface area contributed by atoms with Gasteiger partial charge in [-0.2, -0.15) is 5.10 Å². The number of carbonyl (C=O) groups is 1. The lowest BCUT2D eigenvalue weighted by atomic mass is 10.1. The number of nitrogens with two attached hydrogens (primary N) is 1. The second-order valence-corrected chi connectivity index (χ2v) is 8.92. The molecule has 6 aromatic rings. The summed E-state index contributed by atoms with van der Waals surface area (Å²) in [5, 5.41) is 7.48. The molecule has 0 unspecified atom stereocenters. The molecule has 198 valence electrons. The van der Waals surface area contributed by atoms with Crippen molar-refractivity contribution in [3.8, 4) is 17.5 Å². The van der Waals surface area contributed by atoms with Crippen molar-refractivity contribution in [2.45, 2.75) is 13.3 Å². The summed E-state index contributed by atoms with van der Waals surface area (Å²) in [4.78, 5) is 24.5. The van der Waals surface area contributed by atoms with Gasteiger partial charge in [0.25, 0.3) is 5.91 Å². The molecule has 0 saturated heterocycles. The standard InChI is InChI=1S/C21H18N4.C10H10N4O/c1-3-20-23-19-11-7-8-17(13-12-16-14-22-24(2)15-16)21(19)25(20)18-9-5-4-6-10-18;1-12-10(15)7-8-6(3-2-4-13-8)5-14-9(7)11/h4-11,14-15H,3H2,1-2H3;2-5H,1H3,(H2,11,14)(H,12,15). The summed E-state index contributed by atoms with van der Waals surface area (Å²) in [6.45, 7) is 2.13. The lowest BCUT2D eigenvalue weighted by Crippen LogP contribution is -2.20. The van der Waals surface area contributed by atoms with Gasteiger partial charge in [0.2, 0.25) is 0 Å². The van der Waals surface area contributed by atoms with Gasteiger partial charge in [0, 0.05) is 50.2 Å². The van der Waals surface area contributed by atoms with Crippen molar-refractivity contribution in [1.29, 1.82) is 0 Å². The van der Waals surface area contributed by atoms with Gasteiger partial charge < -0.3 is 11.1 Å². The monoisotopic (exact) mass is 528 g/mol. The van der Waals surface area contributed by atoms with Gasteiger partial charge in [0.1, 0.15) is 17.2 Å². The molecule has 0 atom stereocenters. The number of fused-ring (bicyclic) bond motifs is 2. The third-order valence-electron chi connectivity index (χ3n) is 6.25. The second-order valence-electron chi connectivity index (χ2n) is 8.92. The topological polar surface area (TPSA) is 117 Å². The molecule has 6 rings (SSSR count). The minimum absolute atomic E-state index is 0.195. The predicted molar refractivity (Wildman–Crippen MR) is 157 cm³/mol. The van der Waals surface area contributed by atoms with Gasteiger partial charge in [0.15, 0.2) is 0 Å². The van der Waals surface area contributed by atoms with Crippen LogP contribution in [0, 0.1) is 11.8 Å². The average Bonchev–Trinajstić information content (AvgIpc) is 3.59. The van der Waals surface area contributed by atoms with Crippen LogP contribution >= 0.6 is 0 Å². The van der Waals surface area contributed by atoms with E-state index < -0.39 is 0 Å². The Balaban J connectivity index is 0.000000184. The summed E-state index contributed by atoms with van der Waals surface area (Å²) in [6, 6.07) is 20.0. The van der Waals surface area contributed by atoms with E-state index in [4.69, 9.17) is 10.7 Å². The molecule has 4 heterocycles. The van der Waals surface area contributed by atoms with E-state index in [0.29, 0.717) is 11.1 Å². The Kier molecular flexibility index (Phi) is 7.51. The largest absolute Gasteiger partial charge is 0.383 e. The van der Waals surface area contributed by atoms with Crippen LogP contribution in [0.15, 0.2) is 85.5 Å². The molecule has 0 bridgehead atoms. The molecule has 40 heavy (non-hydrogen) atoms. The fourth-order valence-electron chi connectivity index (χ4n) is 4.40. The zero-order chi connectivity index (χ0) is 28.1. The molecule has 9 heteroatoms. The maximum Gasteiger partial charge on any atom is 0.257 e. The number of amides is 1. The maximum absolute atomic E-state index is 11.6. The maximum atomic E-state index is 11.6. The van der Waals surface area contributed by atoms with E-state index in [1.54, 1.807) is 36.4 Å². The van der Waals surface area contributed by atoms with E-state index in [9.17, 15) is 4.79 Å². The number of anilines is 1. The Hall–Kier alpha value is -5.49. The molecule has 0 aliphatic heterocycles. The summed E-state index contributed by atoms with van der Waals surface area (Å²) in [5.41, 5.74) is 11.6. The smallest absolute Gasteiger partial charge is 0.257 e. The number of rotatable bonds is 3. The number of carbonyl (C=O) groups excluding carboxylic acids is 1. The van der Waals surface area contributed by atoms with Crippen LogP contribution in [-0.4, -0.2) is 42.3 Å². The first-order valence-corrected chi connectivity index (χ1v) is 12.8. The van der Waals surface area contributed by atoms with Gasteiger partial charge in [-0.1, -0.05) is 43.0 Å². The quantitative estimate of drug-likeness (QED) is 0.331. The molecule has 0 fully saturated rings. The molecule has 0 spiro atoms. The van der Waals surface area contributed by atoms with E-state index in [1.807, 2.05) is 55.7 Å². The summed E-state index contributed by atoms with van der Waals surface area (Å²) < 4.78 is 3.97. The SMILES string of the molecule is CCc1nc2cccc(C#Cc3cnn(C)c3)c2n1-c1ccccc1.CNC(=O)c1c(N)ncc2cccnc12. The van der Waals surface area contributed by atoms with Crippen LogP contribution in [-0.2, 0) is 13.5 Å². The normalized spacial score (nSPS) is 10.5. The molecular weight excluding hydrogens is 500 g/mol. The van der Waals surface area contributed by atoms with Crippen LogP contribution in [0.2, 0.25) is 0 Å². The van der Waals surface area contributed by atoms with Gasteiger partial charge in [-0.15, -0.1) is 0 Å². The molecule has 0 radical (unpaired) electrons. The van der Waals surface area contributed by atoms with Crippen LogP contribution in [0.3, 0.4) is 0 Å². The highest BCUT2D eigenvalue weighted by Gasteiger charge is 2.15. The van der Waals surface area contributed by atoms with Crippen LogP contribution in [0.25, 0.3) is 27.6 Å². The molecule has 0 aliphatic rings. The molecule has 2 aromatic carbocycles. The Morgan fingerprint density at radius 2 is 1.82 bits per heavy atom. The van der Waals surface area contributed by atoms with E-state index in [2.05, 4.69) is 55.8 Å². The number of pyridine rings is 2. The number of nitrogen functional groups attached to an aromatic ring is 1. The molecule has 9 nitrogen and oxygen atoms in total. The number of nitrogens with zero attached hydrogens (tertiary/aromatic N) is 6. The molecule has 3 N–H and O–H groups in total. The Labute approximate surface area is 231 Å². The average molecular weight is 529 g/mol. The summed E-state index contributed by atoms with van der Waals surface area (Å²) in [7, 11) is 3.44. The van der Waals surface area contributed by atoms with Gasteiger partial charge in [0.05, 0.1) is 33.9 Å².